The highest BCUT2D eigenvalue weighted by Gasteiger charge is 2.14. The molecule has 0 fully saturated rings. The number of furan rings is 1. The van der Waals surface area contributed by atoms with Gasteiger partial charge in [0.05, 0.1) is 12.8 Å². The molecule has 120 valence electrons. The summed E-state index contributed by atoms with van der Waals surface area (Å²) >= 11 is 0. The molecule has 0 saturated carbocycles. The maximum Gasteiger partial charge on any atom is 0.243 e. The molecule has 7 nitrogen and oxygen atoms in total. The van der Waals surface area contributed by atoms with Crippen molar-refractivity contribution in [2.75, 3.05) is 18.7 Å². The highest BCUT2D eigenvalue weighted by atomic mass is 16.7. The molecule has 1 aromatic heterocycles. The molecule has 0 atom stereocenters. The lowest BCUT2D eigenvalue weighted by Crippen LogP contribution is -2.32. The fourth-order valence-electron chi connectivity index (χ4n) is 2.14. The predicted molar refractivity (Wildman–Crippen MR) is 81.2 cm³/mol. The van der Waals surface area contributed by atoms with Crippen LogP contribution < -0.4 is 20.1 Å². The fourth-order valence-corrected chi connectivity index (χ4v) is 2.14. The Kier molecular flexibility index (Phi) is 4.46. The van der Waals surface area contributed by atoms with E-state index >= 15 is 0 Å². The SMILES string of the molecule is O=C(CCc1ccco1)NCC(=O)Nc1ccc2c(c1)OCO2. The van der Waals surface area contributed by atoms with Gasteiger partial charge in [-0.05, 0) is 24.3 Å². The van der Waals surface area contributed by atoms with E-state index in [1.807, 2.05) is 0 Å². The first kappa shape index (κ1) is 15.0. The topological polar surface area (TPSA) is 89.8 Å². The predicted octanol–water partition coefficient (Wildman–Crippen LogP) is 1.70. The molecule has 7 heteroatoms. The molecule has 3 rings (SSSR count). The lowest BCUT2D eigenvalue weighted by molar-refractivity contribution is -0.124. The highest BCUT2D eigenvalue weighted by Crippen LogP contribution is 2.34. The summed E-state index contributed by atoms with van der Waals surface area (Å²) in [6.45, 7) is 0.0872. The van der Waals surface area contributed by atoms with Crippen LogP contribution >= 0.6 is 0 Å². The van der Waals surface area contributed by atoms with Gasteiger partial charge in [0.2, 0.25) is 18.6 Å². The minimum absolute atomic E-state index is 0.0918. The number of hydrogen-bond donors (Lipinski definition) is 2. The van der Waals surface area contributed by atoms with Gasteiger partial charge in [-0.15, -0.1) is 0 Å². The lowest BCUT2D eigenvalue weighted by Gasteiger charge is -2.07. The third-order valence-electron chi connectivity index (χ3n) is 3.28. The smallest absolute Gasteiger partial charge is 0.243 e. The molecule has 2 aromatic rings. The Morgan fingerprint density at radius 1 is 1.09 bits per heavy atom. The van der Waals surface area contributed by atoms with E-state index in [1.54, 1.807) is 36.6 Å². The minimum atomic E-state index is -0.310. The van der Waals surface area contributed by atoms with Gasteiger partial charge in [0.25, 0.3) is 0 Å². The number of carbonyl (C=O) groups excluding carboxylic acids is 2. The molecule has 2 heterocycles. The summed E-state index contributed by atoms with van der Waals surface area (Å²) in [5.41, 5.74) is 0.587. The van der Waals surface area contributed by atoms with Crippen molar-refractivity contribution in [1.29, 1.82) is 0 Å². The second-order valence-electron chi connectivity index (χ2n) is 4.97. The van der Waals surface area contributed by atoms with Gasteiger partial charge in [-0.3, -0.25) is 9.59 Å². The van der Waals surface area contributed by atoms with E-state index in [9.17, 15) is 9.59 Å². The van der Waals surface area contributed by atoms with Crippen molar-refractivity contribution in [1.82, 2.24) is 5.32 Å². The number of anilines is 1. The first-order valence-electron chi connectivity index (χ1n) is 7.19. The van der Waals surface area contributed by atoms with Crippen LogP contribution in [-0.2, 0) is 16.0 Å². The van der Waals surface area contributed by atoms with E-state index in [2.05, 4.69) is 10.6 Å². The molecule has 0 bridgehead atoms. The Morgan fingerprint density at radius 3 is 2.78 bits per heavy atom. The van der Waals surface area contributed by atoms with Crippen LogP contribution in [0.2, 0.25) is 0 Å². The number of carbonyl (C=O) groups is 2. The zero-order chi connectivity index (χ0) is 16.1. The number of nitrogens with one attached hydrogen (secondary N) is 2. The summed E-state index contributed by atoms with van der Waals surface area (Å²) < 4.78 is 15.6. The van der Waals surface area contributed by atoms with Crippen molar-refractivity contribution in [3.05, 3.63) is 42.4 Å². The van der Waals surface area contributed by atoms with Crippen LogP contribution in [0.15, 0.2) is 41.0 Å². The molecule has 0 saturated heterocycles. The van der Waals surface area contributed by atoms with Crippen LogP contribution in [0.25, 0.3) is 0 Å². The Labute approximate surface area is 132 Å². The van der Waals surface area contributed by atoms with E-state index in [0.29, 0.717) is 23.6 Å². The lowest BCUT2D eigenvalue weighted by atomic mass is 10.2. The van der Waals surface area contributed by atoms with Crippen LogP contribution in [0.5, 0.6) is 11.5 Å². The normalized spacial score (nSPS) is 12.0. The number of fused-ring (bicyclic) bond motifs is 1. The Bertz CT molecular complexity index is 697. The Balaban J connectivity index is 1.41. The highest BCUT2D eigenvalue weighted by molar-refractivity contribution is 5.94. The number of amides is 2. The standard InChI is InChI=1S/C16H16N2O5/c19-15(6-4-12-2-1-7-21-12)17-9-16(20)18-11-3-5-13-14(8-11)23-10-22-13/h1-3,5,7-8H,4,6,9-10H2,(H,17,19)(H,18,20). The largest absolute Gasteiger partial charge is 0.469 e. The monoisotopic (exact) mass is 316 g/mol. The molecular formula is C16H16N2O5. The van der Waals surface area contributed by atoms with E-state index in [0.717, 1.165) is 5.76 Å². The average molecular weight is 316 g/mol. The molecule has 1 aliphatic heterocycles. The number of benzene rings is 1. The summed E-state index contributed by atoms with van der Waals surface area (Å²) in [7, 11) is 0. The van der Waals surface area contributed by atoms with E-state index in [4.69, 9.17) is 13.9 Å². The van der Waals surface area contributed by atoms with Crippen LogP contribution in [0.1, 0.15) is 12.2 Å². The molecule has 2 amide bonds. The maximum atomic E-state index is 11.8. The van der Waals surface area contributed by atoms with Gasteiger partial charge in [-0.2, -0.15) is 0 Å². The third kappa shape index (κ3) is 4.03. The average Bonchev–Trinajstić information content (AvgIpc) is 3.21. The summed E-state index contributed by atoms with van der Waals surface area (Å²) in [6.07, 6.45) is 2.33. The molecule has 0 spiro atoms. The van der Waals surface area contributed by atoms with Gasteiger partial charge in [0, 0.05) is 24.6 Å². The van der Waals surface area contributed by atoms with Gasteiger partial charge in [-0.1, -0.05) is 0 Å². The molecule has 0 unspecified atom stereocenters. The summed E-state index contributed by atoms with van der Waals surface area (Å²) in [6, 6.07) is 8.69. The van der Waals surface area contributed by atoms with Crippen LogP contribution in [-0.4, -0.2) is 25.2 Å². The van der Waals surface area contributed by atoms with Crippen molar-refractivity contribution in [3.8, 4) is 11.5 Å². The van der Waals surface area contributed by atoms with E-state index < -0.39 is 0 Å². The van der Waals surface area contributed by atoms with E-state index in [1.165, 1.54) is 0 Å². The summed E-state index contributed by atoms with van der Waals surface area (Å²) in [5.74, 6) is 1.46. The van der Waals surface area contributed by atoms with Crippen molar-refractivity contribution in [3.63, 3.8) is 0 Å². The van der Waals surface area contributed by atoms with Gasteiger partial charge < -0.3 is 24.5 Å². The molecule has 0 radical (unpaired) electrons. The minimum Gasteiger partial charge on any atom is -0.469 e. The molecule has 1 aromatic carbocycles. The van der Waals surface area contributed by atoms with Crippen LogP contribution in [0.4, 0.5) is 5.69 Å². The number of rotatable bonds is 6. The van der Waals surface area contributed by atoms with Gasteiger partial charge >= 0.3 is 0 Å². The Morgan fingerprint density at radius 2 is 1.96 bits per heavy atom. The van der Waals surface area contributed by atoms with Gasteiger partial charge in [0.15, 0.2) is 11.5 Å². The second-order valence-corrected chi connectivity index (χ2v) is 4.97. The summed E-state index contributed by atoms with van der Waals surface area (Å²) in [5, 5.41) is 5.26. The van der Waals surface area contributed by atoms with E-state index in [-0.39, 0.29) is 31.6 Å². The first-order valence-corrected chi connectivity index (χ1v) is 7.19. The first-order chi connectivity index (χ1) is 11.2. The number of ether oxygens (including phenoxy) is 2. The number of aryl methyl sites for hydroxylation is 1. The maximum absolute atomic E-state index is 11.8. The van der Waals surface area contributed by atoms with Crippen molar-refractivity contribution in [2.24, 2.45) is 0 Å². The quantitative estimate of drug-likeness (QED) is 0.846. The molecule has 23 heavy (non-hydrogen) atoms. The molecule has 0 aliphatic carbocycles. The van der Waals surface area contributed by atoms with Crippen molar-refractivity contribution in [2.45, 2.75) is 12.8 Å². The number of hydrogen-bond acceptors (Lipinski definition) is 5. The van der Waals surface area contributed by atoms with Crippen molar-refractivity contribution < 1.29 is 23.5 Å². The summed E-state index contributed by atoms with van der Waals surface area (Å²) in [4.78, 5) is 23.5. The second kappa shape index (κ2) is 6.87. The molecule has 1 aliphatic rings. The van der Waals surface area contributed by atoms with Crippen LogP contribution in [0.3, 0.4) is 0 Å². The zero-order valence-electron chi connectivity index (χ0n) is 12.3. The molecule has 2 N–H and O–H groups in total. The van der Waals surface area contributed by atoms with Gasteiger partial charge in [-0.25, -0.2) is 0 Å². The third-order valence-corrected chi connectivity index (χ3v) is 3.28. The molecular weight excluding hydrogens is 300 g/mol. The Hall–Kier alpha value is -2.96. The van der Waals surface area contributed by atoms with Crippen LogP contribution in [0, 0.1) is 0 Å². The fraction of sp³-hybridized carbons (Fsp3) is 0.250. The zero-order valence-corrected chi connectivity index (χ0v) is 12.3. The van der Waals surface area contributed by atoms with Gasteiger partial charge in [0.1, 0.15) is 5.76 Å². The van der Waals surface area contributed by atoms with Crippen molar-refractivity contribution >= 4 is 17.5 Å².